The molecule has 0 bridgehead atoms. The fraction of sp³-hybridized carbons (Fsp3) is 0.130. The van der Waals surface area contributed by atoms with Gasteiger partial charge in [-0.1, -0.05) is 37.3 Å². The number of benzene rings is 3. The minimum Gasteiger partial charge on any atom is -0.497 e. The molecule has 0 radical (unpaired) electrons. The summed E-state index contributed by atoms with van der Waals surface area (Å²) in [5.74, 6) is 0.106. The molecule has 0 aromatic heterocycles. The van der Waals surface area contributed by atoms with Gasteiger partial charge in [-0.15, -0.1) is 0 Å². The van der Waals surface area contributed by atoms with Crippen molar-refractivity contribution < 1.29 is 14.3 Å². The first kappa shape index (κ1) is 19.2. The molecular weight excluding hydrogens is 352 g/mol. The van der Waals surface area contributed by atoms with Gasteiger partial charge in [-0.25, -0.2) is 0 Å². The van der Waals surface area contributed by atoms with E-state index in [1.807, 2.05) is 31.2 Å². The SMILES string of the molecule is CCc1ccccc1NC(=O)c1ccccc1NC(=O)c1ccc(OC)cc1. The van der Waals surface area contributed by atoms with Crippen LogP contribution in [0.15, 0.2) is 72.8 Å². The van der Waals surface area contributed by atoms with E-state index >= 15 is 0 Å². The maximum absolute atomic E-state index is 12.8. The van der Waals surface area contributed by atoms with Gasteiger partial charge in [0.05, 0.1) is 18.4 Å². The summed E-state index contributed by atoms with van der Waals surface area (Å²) in [6.45, 7) is 2.04. The van der Waals surface area contributed by atoms with Crippen molar-refractivity contribution in [2.75, 3.05) is 17.7 Å². The molecule has 28 heavy (non-hydrogen) atoms. The molecule has 0 heterocycles. The average molecular weight is 374 g/mol. The molecule has 0 aliphatic heterocycles. The second kappa shape index (κ2) is 8.86. The van der Waals surface area contributed by atoms with Crippen LogP contribution in [0, 0.1) is 0 Å². The Bertz CT molecular complexity index is 981. The number of amides is 2. The topological polar surface area (TPSA) is 67.4 Å². The van der Waals surface area contributed by atoms with Crippen molar-refractivity contribution in [3.05, 3.63) is 89.5 Å². The predicted octanol–water partition coefficient (Wildman–Crippen LogP) is 4.76. The number of nitrogens with one attached hydrogen (secondary N) is 2. The number of carbonyl (C=O) groups excluding carboxylic acids is 2. The molecule has 0 spiro atoms. The van der Waals surface area contributed by atoms with Crippen molar-refractivity contribution in [3.63, 3.8) is 0 Å². The molecule has 5 nitrogen and oxygen atoms in total. The Kier molecular flexibility index (Phi) is 6.07. The van der Waals surface area contributed by atoms with Crippen molar-refractivity contribution in [2.45, 2.75) is 13.3 Å². The molecule has 3 aromatic carbocycles. The molecule has 3 aromatic rings. The Morgan fingerprint density at radius 2 is 1.39 bits per heavy atom. The van der Waals surface area contributed by atoms with Crippen molar-refractivity contribution in [2.24, 2.45) is 0 Å². The maximum Gasteiger partial charge on any atom is 0.257 e. The molecule has 5 heteroatoms. The number of anilines is 2. The summed E-state index contributed by atoms with van der Waals surface area (Å²) < 4.78 is 5.11. The molecular formula is C23H22N2O3. The van der Waals surface area contributed by atoms with Gasteiger partial charge in [0.1, 0.15) is 5.75 Å². The fourth-order valence-corrected chi connectivity index (χ4v) is 2.87. The van der Waals surface area contributed by atoms with Crippen LogP contribution in [-0.2, 0) is 6.42 Å². The molecule has 0 unspecified atom stereocenters. The zero-order chi connectivity index (χ0) is 19.9. The molecule has 0 fully saturated rings. The van der Waals surface area contributed by atoms with E-state index in [9.17, 15) is 9.59 Å². The quantitative estimate of drug-likeness (QED) is 0.653. The van der Waals surface area contributed by atoms with E-state index in [1.54, 1.807) is 55.6 Å². The summed E-state index contributed by atoms with van der Waals surface area (Å²) in [5, 5.41) is 5.76. The lowest BCUT2D eigenvalue weighted by Crippen LogP contribution is -2.18. The lowest BCUT2D eigenvalue weighted by Gasteiger charge is -2.13. The predicted molar refractivity (Wildman–Crippen MR) is 111 cm³/mol. The summed E-state index contributed by atoms with van der Waals surface area (Å²) in [6.07, 6.45) is 0.812. The van der Waals surface area contributed by atoms with Crippen LogP contribution < -0.4 is 15.4 Å². The van der Waals surface area contributed by atoms with E-state index in [0.29, 0.717) is 22.6 Å². The lowest BCUT2D eigenvalue weighted by atomic mass is 10.1. The third-order valence-corrected chi connectivity index (χ3v) is 4.42. The first-order valence-electron chi connectivity index (χ1n) is 9.06. The smallest absolute Gasteiger partial charge is 0.257 e. The monoisotopic (exact) mass is 374 g/mol. The van der Waals surface area contributed by atoms with Gasteiger partial charge in [-0.05, 0) is 54.4 Å². The normalized spacial score (nSPS) is 10.2. The molecule has 2 amide bonds. The van der Waals surface area contributed by atoms with Crippen LogP contribution >= 0.6 is 0 Å². The number of ether oxygens (including phenoxy) is 1. The Morgan fingerprint density at radius 1 is 0.786 bits per heavy atom. The molecule has 0 saturated carbocycles. The van der Waals surface area contributed by atoms with Crippen LogP contribution in [0.5, 0.6) is 5.75 Å². The molecule has 2 N–H and O–H groups in total. The Morgan fingerprint density at radius 3 is 2.07 bits per heavy atom. The number of methoxy groups -OCH3 is 1. The summed E-state index contributed by atoms with van der Waals surface area (Å²) in [6, 6.07) is 21.4. The minimum atomic E-state index is -0.295. The van der Waals surface area contributed by atoms with Crippen molar-refractivity contribution >= 4 is 23.2 Å². The fourth-order valence-electron chi connectivity index (χ4n) is 2.87. The number of hydrogen-bond acceptors (Lipinski definition) is 3. The maximum atomic E-state index is 12.8. The van der Waals surface area contributed by atoms with Crippen molar-refractivity contribution in [1.82, 2.24) is 0 Å². The standard InChI is InChI=1S/C23H22N2O3/c1-3-16-8-4-6-10-20(16)24-23(27)19-9-5-7-11-21(19)25-22(26)17-12-14-18(28-2)15-13-17/h4-15H,3H2,1-2H3,(H,24,27)(H,25,26). The molecule has 0 aliphatic carbocycles. The van der Waals surface area contributed by atoms with Gasteiger partial charge in [-0.3, -0.25) is 9.59 Å². The van der Waals surface area contributed by atoms with Gasteiger partial charge in [-0.2, -0.15) is 0 Å². The number of rotatable bonds is 6. The summed E-state index contributed by atoms with van der Waals surface area (Å²) in [5.41, 5.74) is 3.15. The average Bonchev–Trinajstić information content (AvgIpc) is 2.74. The third-order valence-electron chi connectivity index (χ3n) is 4.42. The van der Waals surface area contributed by atoms with Crippen LogP contribution in [0.1, 0.15) is 33.2 Å². The van der Waals surface area contributed by atoms with Crippen molar-refractivity contribution in [1.29, 1.82) is 0 Å². The van der Waals surface area contributed by atoms with E-state index in [-0.39, 0.29) is 11.8 Å². The van der Waals surface area contributed by atoms with Crippen LogP contribution in [0.4, 0.5) is 11.4 Å². The highest BCUT2D eigenvalue weighted by atomic mass is 16.5. The zero-order valence-electron chi connectivity index (χ0n) is 15.9. The highest BCUT2D eigenvalue weighted by Gasteiger charge is 2.15. The summed E-state index contributed by atoms with van der Waals surface area (Å²) >= 11 is 0. The molecule has 0 saturated heterocycles. The van der Waals surface area contributed by atoms with E-state index in [1.165, 1.54) is 0 Å². The van der Waals surface area contributed by atoms with Gasteiger partial charge in [0.2, 0.25) is 0 Å². The summed E-state index contributed by atoms with van der Waals surface area (Å²) in [4.78, 5) is 25.4. The third kappa shape index (κ3) is 4.38. The largest absolute Gasteiger partial charge is 0.497 e. The van der Waals surface area contributed by atoms with Crippen LogP contribution in [0.2, 0.25) is 0 Å². The number of aryl methyl sites for hydroxylation is 1. The minimum absolute atomic E-state index is 0.272. The van der Waals surface area contributed by atoms with E-state index < -0.39 is 0 Å². The van der Waals surface area contributed by atoms with Crippen molar-refractivity contribution in [3.8, 4) is 5.75 Å². The Balaban J connectivity index is 1.80. The van der Waals surface area contributed by atoms with Gasteiger partial charge in [0.25, 0.3) is 11.8 Å². The van der Waals surface area contributed by atoms with Gasteiger partial charge >= 0.3 is 0 Å². The highest BCUT2D eigenvalue weighted by Crippen LogP contribution is 2.21. The zero-order valence-corrected chi connectivity index (χ0v) is 15.9. The first-order chi connectivity index (χ1) is 13.6. The second-order valence-corrected chi connectivity index (χ2v) is 6.19. The Labute approximate surface area is 164 Å². The van der Waals surface area contributed by atoms with Crippen LogP contribution in [0.3, 0.4) is 0 Å². The van der Waals surface area contributed by atoms with E-state index in [0.717, 1.165) is 17.7 Å². The molecule has 0 atom stereocenters. The van der Waals surface area contributed by atoms with Crippen LogP contribution in [0.25, 0.3) is 0 Å². The highest BCUT2D eigenvalue weighted by molar-refractivity contribution is 6.12. The first-order valence-corrected chi connectivity index (χ1v) is 9.06. The second-order valence-electron chi connectivity index (χ2n) is 6.19. The summed E-state index contributed by atoms with van der Waals surface area (Å²) in [7, 11) is 1.57. The van der Waals surface area contributed by atoms with Gasteiger partial charge in [0.15, 0.2) is 0 Å². The Hall–Kier alpha value is -3.60. The lowest BCUT2D eigenvalue weighted by molar-refractivity contribution is 0.102. The number of para-hydroxylation sites is 2. The van der Waals surface area contributed by atoms with E-state index in [2.05, 4.69) is 10.6 Å². The molecule has 0 aliphatic rings. The number of carbonyl (C=O) groups is 2. The molecule has 142 valence electrons. The van der Waals surface area contributed by atoms with Gasteiger partial charge in [0, 0.05) is 11.3 Å². The van der Waals surface area contributed by atoms with E-state index in [4.69, 9.17) is 4.74 Å². The van der Waals surface area contributed by atoms with Crippen LogP contribution in [-0.4, -0.2) is 18.9 Å². The number of hydrogen-bond donors (Lipinski definition) is 2. The van der Waals surface area contributed by atoms with Gasteiger partial charge < -0.3 is 15.4 Å². The molecule has 3 rings (SSSR count).